The maximum absolute atomic E-state index is 12.5. The second kappa shape index (κ2) is 5.66. The zero-order chi connectivity index (χ0) is 13.9. The van der Waals surface area contributed by atoms with Gasteiger partial charge in [0.25, 0.3) is 0 Å². The van der Waals surface area contributed by atoms with Crippen LogP contribution in [0.1, 0.15) is 15.4 Å². The summed E-state index contributed by atoms with van der Waals surface area (Å²) in [6, 6.07) is 5.56. The first-order chi connectivity index (χ1) is 9.79. The molecule has 3 aromatic heterocycles. The maximum atomic E-state index is 12.5. The van der Waals surface area contributed by atoms with Crippen molar-refractivity contribution in [2.45, 2.75) is 0 Å². The summed E-state index contributed by atoms with van der Waals surface area (Å²) in [4.78, 5) is 21.9. The first-order valence-electron chi connectivity index (χ1n) is 6.07. The van der Waals surface area contributed by atoms with Crippen LogP contribution in [0.3, 0.4) is 0 Å². The third-order valence-electron chi connectivity index (χ3n) is 2.69. The van der Waals surface area contributed by atoms with Crippen molar-refractivity contribution in [1.29, 1.82) is 0 Å². The predicted octanol–water partition coefficient (Wildman–Crippen LogP) is 2.35. The zero-order valence-corrected chi connectivity index (χ0v) is 12.1. The van der Waals surface area contributed by atoms with Gasteiger partial charge in [-0.25, -0.2) is 9.97 Å². The fourth-order valence-electron chi connectivity index (χ4n) is 1.80. The Hall–Kier alpha value is -1.83. The van der Waals surface area contributed by atoms with E-state index in [1.165, 1.54) is 22.7 Å². The van der Waals surface area contributed by atoms with E-state index in [1.807, 2.05) is 29.0 Å². The summed E-state index contributed by atoms with van der Waals surface area (Å²) in [6.45, 7) is 1.06. The lowest BCUT2D eigenvalue weighted by Crippen LogP contribution is -2.16. The monoisotopic (exact) mass is 304 g/mol. The first kappa shape index (κ1) is 13.2. The molecule has 0 radical (unpaired) electrons. The Morgan fingerprint density at radius 3 is 2.90 bits per heavy atom. The van der Waals surface area contributed by atoms with Gasteiger partial charge in [-0.3, -0.25) is 4.79 Å². The maximum Gasteiger partial charge on any atom is 0.224 e. The van der Waals surface area contributed by atoms with E-state index in [1.54, 1.807) is 0 Å². The summed E-state index contributed by atoms with van der Waals surface area (Å²) in [5, 5.41) is 6.82. The lowest BCUT2D eigenvalue weighted by Gasteiger charge is -2.06. The van der Waals surface area contributed by atoms with Crippen LogP contribution in [0.15, 0.2) is 29.0 Å². The fourth-order valence-corrected chi connectivity index (χ4v) is 3.29. The minimum absolute atomic E-state index is 0.0642. The molecule has 0 aromatic carbocycles. The normalized spacial score (nSPS) is 10.8. The van der Waals surface area contributed by atoms with Crippen LogP contribution in [0.4, 0.5) is 5.95 Å². The molecule has 5 nitrogen and oxygen atoms in total. The van der Waals surface area contributed by atoms with Crippen molar-refractivity contribution < 1.29 is 4.79 Å². The van der Waals surface area contributed by atoms with Gasteiger partial charge in [-0.15, -0.1) is 22.7 Å². The van der Waals surface area contributed by atoms with Crippen LogP contribution in [-0.2, 0) is 0 Å². The molecule has 3 rings (SSSR count). The average Bonchev–Trinajstić information content (AvgIpc) is 3.13. The molecule has 0 atom stereocenters. The molecule has 3 N–H and O–H groups in total. The lowest BCUT2D eigenvalue weighted by molar-refractivity contribution is 0.104. The standard InChI is InChI=1S/C13H12N4OS2/c14-4-5-15-13-16-8-3-7-20-12(8)10(17-13)11(18)9-2-1-6-19-9/h1-3,6-7H,4-5,14H2,(H,15,16,17). The highest BCUT2D eigenvalue weighted by molar-refractivity contribution is 7.17. The van der Waals surface area contributed by atoms with E-state index in [2.05, 4.69) is 15.3 Å². The third kappa shape index (κ3) is 2.43. The van der Waals surface area contributed by atoms with E-state index < -0.39 is 0 Å². The third-order valence-corrected chi connectivity index (χ3v) is 4.47. The number of thiophene rings is 2. The average molecular weight is 304 g/mol. The van der Waals surface area contributed by atoms with Crippen LogP contribution in [0.2, 0.25) is 0 Å². The molecular weight excluding hydrogens is 292 g/mol. The van der Waals surface area contributed by atoms with E-state index in [9.17, 15) is 4.79 Å². The fraction of sp³-hybridized carbons (Fsp3) is 0.154. The Balaban J connectivity index is 2.08. The van der Waals surface area contributed by atoms with Gasteiger partial charge in [-0.1, -0.05) is 6.07 Å². The number of hydrogen-bond donors (Lipinski definition) is 2. The molecule has 0 aliphatic carbocycles. The quantitative estimate of drug-likeness (QED) is 0.707. The van der Waals surface area contributed by atoms with Crippen molar-refractivity contribution >= 4 is 44.6 Å². The molecule has 102 valence electrons. The van der Waals surface area contributed by atoms with Gasteiger partial charge in [0.05, 0.1) is 15.1 Å². The summed E-state index contributed by atoms with van der Waals surface area (Å²) in [7, 11) is 0. The van der Waals surface area contributed by atoms with Crippen molar-refractivity contribution in [3.8, 4) is 0 Å². The second-order valence-electron chi connectivity index (χ2n) is 4.05. The molecule has 20 heavy (non-hydrogen) atoms. The molecule has 0 fully saturated rings. The molecule has 7 heteroatoms. The number of ketones is 1. The van der Waals surface area contributed by atoms with Gasteiger partial charge in [0.2, 0.25) is 11.7 Å². The number of nitrogens with one attached hydrogen (secondary N) is 1. The van der Waals surface area contributed by atoms with Crippen molar-refractivity contribution in [2.75, 3.05) is 18.4 Å². The van der Waals surface area contributed by atoms with Crippen molar-refractivity contribution in [1.82, 2.24) is 9.97 Å². The number of rotatable bonds is 5. The molecule has 0 aliphatic heterocycles. The molecule has 0 amide bonds. The highest BCUT2D eigenvalue weighted by Gasteiger charge is 2.18. The van der Waals surface area contributed by atoms with E-state index in [0.29, 0.717) is 29.6 Å². The second-order valence-corrected chi connectivity index (χ2v) is 5.92. The number of fused-ring (bicyclic) bond motifs is 1. The highest BCUT2D eigenvalue weighted by Crippen LogP contribution is 2.26. The zero-order valence-electron chi connectivity index (χ0n) is 10.5. The van der Waals surface area contributed by atoms with Crippen LogP contribution in [0.25, 0.3) is 10.2 Å². The summed E-state index contributed by atoms with van der Waals surface area (Å²) >= 11 is 2.89. The molecule has 0 spiro atoms. The van der Waals surface area contributed by atoms with Gasteiger partial charge in [-0.2, -0.15) is 0 Å². The summed E-state index contributed by atoms with van der Waals surface area (Å²) < 4.78 is 0.821. The number of nitrogens with two attached hydrogens (primary N) is 1. The molecule has 3 aromatic rings. The summed E-state index contributed by atoms with van der Waals surface area (Å²) in [5.41, 5.74) is 6.70. The van der Waals surface area contributed by atoms with E-state index >= 15 is 0 Å². The van der Waals surface area contributed by atoms with Crippen molar-refractivity contribution in [3.63, 3.8) is 0 Å². The largest absolute Gasteiger partial charge is 0.353 e. The number of hydrogen-bond acceptors (Lipinski definition) is 7. The van der Waals surface area contributed by atoms with Crippen LogP contribution in [0, 0.1) is 0 Å². The van der Waals surface area contributed by atoms with E-state index in [4.69, 9.17) is 5.73 Å². The van der Waals surface area contributed by atoms with Gasteiger partial charge in [0, 0.05) is 13.1 Å². The topological polar surface area (TPSA) is 80.9 Å². The molecule has 0 aliphatic rings. The Morgan fingerprint density at radius 2 is 2.15 bits per heavy atom. The Bertz CT molecular complexity index is 736. The first-order valence-corrected chi connectivity index (χ1v) is 7.83. The molecule has 0 saturated heterocycles. The van der Waals surface area contributed by atoms with Crippen molar-refractivity contribution in [2.24, 2.45) is 5.73 Å². The minimum Gasteiger partial charge on any atom is -0.353 e. The number of carbonyl (C=O) groups is 1. The number of carbonyl (C=O) groups excluding carboxylic acids is 1. The Morgan fingerprint density at radius 1 is 1.25 bits per heavy atom. The minimum atomic E-state index is -0.0642. The lowest BCUT2D eigenvalue weighted by atomic mass is 10.2. The molecule has 0 unspecified atom stereocenters. The van der Waals surface area contributed by atoms with E-state index in [-0.39, 0.29) is 5.78 Å². The predicted molar refractivity (Wildman–Crippen MR) is 82.7 cm³/mol. The molecule has 0 saturated carbocycles. The van der Waals surface area contributed by atoms with Crippen LogP contribution >= 0.6 is 22.7 Å². The van der Waals surface area contributed by atoms with Crippen LogP contribution in [0.5, 0.6) is 0 Å². The summed E-state index contributed by atoms with van der Waals surface area (Å²) in [6.07, 6.45) is 0. The van der Waals surface area contributed by atoms with Crippen LogP contribution in [-0.4, -0.2) is 28.8 Å². The SMILES string of the molecule is NCCNc1nc(C(=O)c2cccs2)c2sccc2n1. The highest BCUT2D eigenvalue weighted by atomic mass is 32.1. The number of aromatic nitrogens is 2. The van der Waals surface area contributed by atoms with Gasteiger partial charge in [-0.05, 0) is 22.9 Å². The Kier molecular flexibility index (Phi) is 3.72. The molecular formula is C13H12N4OS2. The van der Waals surface area contributed by atoms with E-state index in [0.717, 1.165) is 10.2 Å². The summed E-state index contributed by atoms with van der Waals surface area (Å²) in [5.74, 6) is 0.381. The van der Waals surface area contributed by atoms with Gasteiger partial charge in [0.15, 0.2) is 0 Å². The van der Waals surface area contributed by atoms with Gasteiger partial charge < -0.3 is 11.1 Å². The smallest absolute Gasteiger partial charge is 0.224 e. The van der Waals surface area contributed by atoms with Gasteiger partial charge in [0.1, 0.15) is 5.69 Å². The number of nitrogens with zero attached hydrogens (tertiary/aromatic N) is 2. The van der Waals surface area contributed by atoms with Gasteiger partial charge >= 0.3 is 0 Å². The van der Waals surface area contributed by atoms with Crippen LogP contribution < -0.4 is 11.1 Å². The molecule has 3 heterocycles. The van der Waals surface area contributed by atoms with Crippen molar-refractivity contribution in [3.05, 3.63) is 39.5 Å². The molecule has 0 bridgehead atoms. The Labute approximate surface area is 123 Å². The number of anilines is 1.